The summed E-state index contributed by atoms with van der Waals surface area (Å²) < 4.78 is 47.5. The van der Waals surface area contributed by atoms with E-state index in [0.29, 0.717) is 31.5 Å². The van der Waals surface area contributed by atoms with E-state index in [2.05, 4.69) is 31.7 Å². The van der Waals surface area contributed by atoms with Crippen LogP contribution in [0.3, 0.4) is 0 Å². The molecule has 65 heavy (non-hydrogen) atoms. The summed E-state index contributed by atoms with van der Waals surface area (Å²) in [6.07, 6.45) is -20.1. The fourth-order valence-corrected chi connectivity index (χ4v) is 8.22. The number of aromatic nitrogens is 3. The Hall–Kier alpha value is -3.01. The Labute approximate surface area is 373 Å². The Balaban J connectivity index is 1.15. The first-order valence-electron chi connectivity index (χ1n) is 21.4. The van der Waals surface area contributed by atoms with Crippen LogP contribution in [-0.2, 0) is 70.2 Å². The van der Waals surface area contributed by atoms with Crippen molar-refractivity contribution in [2.24, 2.45) is 11.8 Å². The lowest BCUT2D eigenvalue weighted by Gasteiger charge is -2.48. The van der Waals surface area contributed by atoms with Crippen molar-refractivity contribution in [2.75, 3.05) is 47.0 Å². The molecule has 27 heteroatoms. The molecule has 5 heterocycles. The molecule has 4 fully saturated rings. The standard InChI is InChI=1S/C38H65N7O20/c1-6-59-43-22-32(65-38-28(52)24(48)17(3)30(63-38)34(55)56)26(50)19(61-36(22)58-5)14-39-8-7-10-45-18(13-42-44-45)12-40-15-20-25(49)31(21(41-9-11-46)35(57-4)60-20)64-37-27(51)23(47)16(2)29(62-37)33(53)54/h11,13,16-17,19-32,35-41,43,47-52H,6-10,12,14-15H2,1-5H3,(H,53,54)(H,55,56)/p-2. The van der Waals surface area contributed by atoms with Crippen LogP contribution in [0.4, 0.5) is 0 Å². The van der Waals surface area contributed by atoms with Crippen LogP contribution in [0.5, 0.6) is 0 Å². The highest BCUT2D eigenvalue weighted by molar-refractivity contribution is 5.71. The molecule has 1 aromatic rings. The van der Waals surface area contributed by atoms with Gasteiger partial charge in [0.2, 0.25) is 0 Å². The van der Waals surface area contributed by atoms with Crippen molar-refractivity contribution >= 4 is 18.2 Å². The maximum Gasteiger partial charge on any atom is 0.187 e. The number of carboxylic acids is 2. The fraction of sp³-hybridized carbons (Fsp3) is 0.868. The second-order valence-electron chi connectivity index (χ2n) is 16.2. The average molecular weight is 938 g/mol. The molecule has 372 valence electrons. The van der Waals surface area contributed by atoms with Gasteiger partial charge in [-0.3, -0.25) is 0 Å². The lowest BCUT2D eigenvalue weighted by molar-refractivity contribution is -0.361. The zero-order valence-corrected chi connectivity index (χ0v) is 36.6. The van der Waals surface area contributed by atoms with Gasteiger partial charge in [0.1, 0.15) is 73.4 Å². The quantitative estimate of drug-likeness (QED) is 0.0261. The van der Waals surface area contributed by atoms with Crippen LogP contribution < -0.4 is 31.6 Å². The molecule has 0 radical (unpaired) electrons. The molecule has 4 aliphatic heterocycles. The van der Waals surface area contributed by atoms with Crippen LogP contribution in [0.25, 0.3) is 0 Å². The molecule has 0 aromatic carbocycles. The van der Waals surface area contributed by atoms with Crippen molar-refractivity contribution in [3.8, 4) is 0 Å². The average Bonchev–Trinajstić information content (AvgIpc) is 3.73. The van der Waals surface area contributed by atoms with E-state index in [9.17, 15) is 55.2 Å². The number of hydrogen-bond donors (Lipinski definition) is 10. The predicted molar refractivity (Wildman–Crippen MR) is 208 cm³/mol. The maximum atomic E-state index is 11.7. The van der Waals surface area contributed by atoms with Crippen molar-refractivity contribution < 1.29 is 98.0 Å². The molecular weight excluding hydrogens is 874 g/mol. The van der Waals surface area contributed by atoms with Crippen molar-refractivity contribution in [3.05, 3.63) is 11.9 Å². The van der Waals surface area contributed by atoms with E-state index in [-0.39, 0.29) is 32.8 Å². The van der Waals surface area contributed by atoms with Crippen molar-refractivity contribution in [1.29, 1.82) is 0 Å². The number of aliphatic hydroxyl groups excluding tert-OH is 6. The van der Waals surface area contributed by atoms with Gasteiger partial charge < -0.3 is 114 Å². The smallest absolute Gasteiger partial charge is 0.187 e. The summed E-state index contributed by atoms with van der Waals surface area (Å²) in [5.41, 5.74) is 3.37. The van der Waals surface area contributed by atoms with Gasteiger partial charge in [-0.05, 0) is 19.9 Å². The van der Waals surface area contributed by atoms with Crippen molar-refractivity contribution in [3.63, 3.8) is 0 Å². The number of carbonyl (C=O) groups excluding carboxylic acids is 3. The lowest BCUT2D eigenvalue weighted by atomic mass is 9.90. The third kappa shape index (κ3) is 12.8. The van der Waals surface area contributed by atoms with Gasteiger partial charge in [-0.1, -0.05) is 19.1 Å². The SMILES string of the molecule is CCONC1C(OC)OC(CNCCCn2nncc2CNCC2OC(OC)C(NCC=O)C(OC3OC(C(=O)[O-])C(C)C(O)C3O)C2O)C(O)C1OC1OC(C(=O)[O-])C(C)C(O)C1O. The third-order valence-corrected chi connectivity index (χ3v) is 11.9. The molecule has 10 N–H and O–H groups in total. The second-order valence-corrected chi connectivity index (χ2v) is 16.2. The van der Waals surface area contributed by atoms with Gasteiger partial charge in [0.15, 0.2) is 25.2 Å². The van der Waals surface area contributed by atoms with Crippen LogP contribution >= 0.6 is 0 Å². The highest BCUT2D eigenvalue weighted by Gasteiger charge is 2.53. The van der Waals surface area contributed by atoms with Gasteiger partial charge in [-0.25, -0.2) is 4.68 Å². The number of nitrogens with one attached hydrogen (secondary N) is 4. The van der Waals surface area contributed by atoms with Gasteiger partial charge >= 0.3 is 0 Å². The number of ether oxygens (including phenoxy) is 8. The summed E-state index contributed by atoms with van der Waals surface area (Å²) in [7, 11) is 2.69. The first kappa shape index (κ1) is 53.0. The van der Waals surface area contributed by atoms with Gasteiger partial charge in [0.05, 0.1) is 55.2 Å². The molecule has 4 saturated heterocycles. The Morgan fingerprint density at radius 3 is 1.80 bits per heavy atom. The second kappa shape index (κ2) is 24.8. The van der Waals surface area contributed by atoms with E-state index < -0.39 is 134 Å². The molecule has 0 saturated carbocycles. The van der Waals surface area contributed by atoms with Gasteiger partial charge in [-0.15, -0.1) is 5.10 Å². The minimum atomic E-state index is -1.71. The molecule has 27 nitrogen and oxygen atoms in total. The highest BCUT2D eigenvalue weighted by atomic mass is 16.7. The van der Waals surface area contributed by atoms with E-state index in [4.69, 9.17) is 42.7 Å². The topological polar surface area (TPSA) is 381 Å². The summed E-state index contributed by atoms with van der Waals surface area (Å²) in [5, 5.41) is 106. The Morgan fingerprint density at radius 1 is 0.769 bits per heavy atom. The monoisotopic (exact) mass is 937 g/mol. The predicted octanol–water partition coefficient (Wildman–Crippen LogP) is -8.69. The first-order chi connectivity index (χ1) is 31.1. The van der Waals surface area contributed by atoms with Gasteiger partial charge in [0.25, 0.3) is 0 Å². The summed E-state index contributed by atoms with van der Waals surface area (Å²) in [4.78, 5) is 40.1. The minimum absolute atomic E-state index is 0.00412. The van der Waals surface area contributed by atoms with Crippen LogP contribution in [-0.4, -0.2) is 221 Å². The zero-order valence-electron chi connectivity index (χ0n) is 36.6. The number of carbonyl (C=O) groups is 3. The van der Waals surface area contributed by atoms with Crippen molar-refractivity contribution in [2.45, 2.75) is 151 Å². The Bertz CT molecular complexity index is 1640. The van der Waals surface area contributed by atoms with Crippen LogP contribution in [0, 0.1) is 11.8 Å². The highest BCUT2D eigenvalue weighted by Crippen LogP contribution is 2.33. The molecular formula is C38H63N7O20-2. The van der Waals surface area contributed by atoms with Crippen LogP contribution in [0.15, 0.2) is 6.20 Å². The van der Waals surface area contributed by atoms with Gasteiger partial charge in [0, 0.05) is 52.2 Å². The molecule has 0 aliphatic carbocycles. The molecule has 20 unspecified atom stereocenters. The van der Waals surface area contributed by atoms with Crippen LogP contribution in [0.2, 0.25) is 0 Å². The van der Waals surface area contributed by atoms with Gasteiger partial charge in [-0.2, -0.15) is 5.48 Å². The summed E-state index contributed by atoms with van der Waals surface area (Å²) in [6, 6.07) is -2.01. The number of methoxy groups -OCH3 is 2. The number of aliphatic carboxylic acids is 2. The number of rotatable bonds is 24. The molecule has 1 aromatic heterocycles. The Morgan fingerprint density at radius 2 is 1.29 bits per heavy atom. The maximum absolute atomic E-state index is 11.7. The number of aryl methyl sites for hydroxylation is 1. The van der Waals surface area contributed by atoms with E-state index in [1.165, 1.54) is 34.3 Å². The van der Waals surface area contributed by atoms with E-state index in [1.54, 1.807) is 11.6 Å². The lowest BCUT2D eigenvalue weighted by Crippen LogP contribution is -2.68. The molecule has 20 atom stereocenters. The molecule has 4 aliphatic rings. The third-order valence-electron chi connectivity index (χ3n) is 11.9. The molecule has 0 amide bonds. The van der Waals surface area contributed by atoms with E-state index in [1.807, 2.05) is 0 Å². The van der Waals surface area contributed by atoms with Crippen LogP contribution in [0.1, 0.15) is 32.9 Å². The summed E-state index contributed by atoms with van der Waals surface area (Å²) >= 11 is 0. The molecule has 0 spiro atoms. The molecule has 5 rings (SSSR count). The van der Waals surface area contributed by atoms with E-state index in [0.717, 1.165) is 0 Å². The number of aliphatic hydroxyl groups is 6. The Kier molecular flexibility index (Phi) is 20.2. The molecule has 0 bridgehead atoms. The number of hydroxylamine groups is 1. The summed E-state index contributed by atoms with van der Waals surface area (Å²) in [6.45, 7) is 5.51. The summed E-state index contributed by atoms with van der Waals surface area (Å²) in [5.74, 6) is -5.30. The first-order valence-corrected chi connectivity index (χ1v) is 21.4. The fourth-order valence-electron chi connectivity index (χ4n) is 8.22. The van der Waals surface area contributed by atoms with Crippen molar-refractivity contribution in [1.82, 2.24) is 36.4 Å². The zero-order chi connectivity index (χ0) is 47.5. The number of carboxylic acid groups (broad SMARTS) is 2. The largest absolute Gasteiger partial charge is 0.547 e. The normalized spacial score (nSPS) is 40.1. The minimum Gasteiger partial charge on any atom is -0.547 e. The number of nitrogens with zero attached hydrogens (tertiary/aromatic N) is 3. The van der Waals surface area contributed by atoms with E-state index >= 15 is 0 Å². The number of hydrogen-bond acceptors (Lipinski definition) is 26. The number of aldehydes is 1.